The minimum absolute atomic E-state index is 0.00378. The van der Waals surface area contributed by atoms with E-state index in [1.165, 1.54) is 0 Å². The van der Waals surface area contributed by atoms with E-state index in [1.54, 1.807) is 11.8 Å². The Kier molecular flexibility index (Phi) is 3.43. The molecule has 0 saturated carbocycles. The van der Waals surface area contributed by atoms with Crippen molar-refractivity contribution in [3.8, 4) is 0 Å². The third-order valence-corrected chi connectivity index (χ3v) is 3.20. The largest absolute Gasteiger partial charge is 0.396 e. The van der Waals surface area contributed by atoms with E-state index in [0.29, 0.717) is 13.1 Å². The second-order valence-electron chi connectivity index (χ2n) is 4.70. The van der Waals surface area contributed by atoms with E-state index in [4.69, 9.17) is 16.7 Å². The first-order valence-electron chi connectivity index (χ1n) is 4.92. The highest BCUT2D eigenvalue weighted by molar-refractivity contribution is 6.30. The maximum Gasteiger partial charge on any atom is 0.240 e. The summed E-state index contributed by atoms with van der Waals surface area (Å²) in [5.41, 5.74) is -0.00378. The summed E-state index contributed by atoms with van der Waals surface area (Å²) in [5.74, 6) is 0.137. The number of carbonyl (C=O) groups excluding carboxylic acids is 1. The lowest BCUT2D eigenvalue weighted by Gasteiger charge is -2.23. The Bertz CT molecular complexity index is 228. The molecule has 1 aliphatic heterocycles. The number of carbonyl (C=O) groups is 1. The standard InChI is InChI=1S/C10H18ClNO2/c1-7(11)9(14)12-4-8(5-13)10(2,3)6-12/h7-8,13H,4-6H2,1-3H3/t7-,8+/m1/s1. The van der Waals surface area contributed by atoms with Crippen LogP contribution in [0.2, 0.25) is 0 Å². The van der Waals surface area contributed by atoms with Gasteiger partial charge in [-0.3, -0.25) is 4.79 Å². The van der Waals surface area contributed by atoms with Crippen molar-refractivity contribution in [1.82, 2.24) is 4.90 Å². The molecule has 1 rings (SSSR count). The first-order valence-corrected chi connectivity index (χ1v) is 5.36. The van der Waals surface area contributed by atoms with Gasteiger partial charge in [0.05, 0.1) is 0 Å². The summed E-state index contributed by atoms with van der Waals surface area (Å²) < 4.78 is 0. The normalized spacial score (nSPS) is 27.8. The maximum absolute atomic E-state index is 11.6. The molecule has 0 aromatic rings. The van der Waals surface area contributed by atoms with Crippen LogP contribution in [0.4, 0.5) is 0 Å². The topological polar surface area (TPSA) is 40.5 Å². The summed E-state index contributed by atoms with van der Waals surface area (Å²) in [7, 11) is 0. The maximum atomic E-state index is 11.6. The van der Waals surface area contributed by atoms with Crippen molar-refractivity contribution in [2.24, 2.45) is 11.3 Å². The lowest BCUT2D eigenvalue weighted by Crippen LogP contribution is -2.34. The van der Waals surface area contributed by atoms with Crippen LogP contribution in [0.15, 0.2) is 0 Å². The Labute approximate surface area is 90.0 Å². The van der Waals surface area contributed by atoms with E-state index in [1.807, 2.05) is 0 Å². The molecule has 0 radical (unpaired) electrons. The van der Waals surface area contributed by atoms with Gasteiger partial charge in [0.15, 0.2) is 0 Å². The quantitative estimate of drug-likeness (QED) is 0.707. The Balaban J connectivity index is 2.67. The van der Waals surface area contributed by atoms with Crippen LogP contribution in [0.1, 0.15) is 20.8 Å². The summed E-state index contributed by atoms with van der Waals surface area (Å²) in [4.78, 5) is 13.4. The lowest BCUT2D eigenvalue weighted by atomic mass is 9.83. The summed E-state index contributed by atoms with van der Waals surface area (Å²) in [6, 6.07) is 0. The van der Waals surface area contributed by atoms with Crippen LogP contribution in [-0.2, 0) is 4.79 Å². The SMILES string of the molecule is C[C@@H](Cl)C(=O)N1C[C@@H](CO)C(C)(C)C1. The van der Waals surface area contributed by atoms with Gasteiger partial charge >= 0.3 is 0 Å². The summed E-state index contributed by atoms with van der Waals surface area (Å²) in [5, 5.41) is 8.70. The second kappa shape index (κ2) is 4.07. The van der Waals surface area contributed by atoms with Crippen LogP contribution in [0, 0.1) is 11.3 Å². The zero-order valence-corrected chi connectivity index (χ0v) is 9.71. The molecule has 1 heterocycles. The molecule has 2 atom stereocenters. The molecule has 1 N–H and O–H groups in total. The van der Waals surface area contributed by atoms with Gasteiger partial charge in [0, 0.05) is 25.6 Å². The molecule has 0 aliphatic carbocycles. The molecule has 82 valence electrons. The molecule has 1 saturated heterocycles. The summed E-state index contributed by atoms with van der Waals surface area (Å²) >= 11 is 5.74. The van der Waals surface area contributed by atoms with Crippen LogP contribution in [0.3, 0.4) is 0 Å². The molecular weight excluding hydrogens is 202 g/mol. The summed E-state index contributed by atoms with van der Waals surface area (Å²) in [6.45, 7) is 7.27. The number of halogens is 1. The van der Waals surface area contributed by atoms with Crippen molar-refractivity contribution in [2.45, 2.75) is 26.1 Å². The van der Waals surface area contributed by atoms with Gasteiger partial charge < -0.3 is 10.0 Å². The van der Waals surface area contributed by atoms with Gasteiger partial charge in [0.2, 0.25) is 5.91 Å². The highest BCUT2D eigenvalue weighted by Gasteiger charge is 2.41. The van der Waals surface area contributed by atoms with Crippen molar-refractivity contribution >= 4 is 17.5 Å². The van der Waals surface area contributed by atoms with E-state index < -0.39 is 5.38 Å². The number of rotatable bonds is 2. The van der Waals surface area contributed by atoms with Crippen molar-refractivity contribution in [2.75, 3.05) is 19.7 Å². The fraction of sp³-hybridized carbons (Fsp3) is 0.900. The van der Waals surface area contributed by atoms with Gasteiger partial charge in [-0.2, -0.15) is 0 Å². The van der Waals surface area contributed by atoms with Crippen molar-refractivity contribution in [1.29, 1.82) is 0 Å². The van der Waals surface area contributed by atoms with Crippen LogP contribution in [0.5, 0.6) is 0 Å². The van der Waals surface area contributed by atoms with Crippen LogP contribution < -0.4 is 0 Å². The Hall–Kier alpha value is -0.280. The Morgan fingerprint density at radius 2 is 2.29 bits per heavy atom. The molecule has 3 nitrogen and oxygen atoms in total. The predicted octanol–water partition coefficient (Wildman–Crippen LogP) is 1.09. The fourth-order valence-corrected chi connectivity index (χ4v) is 2.06. The first kappa shape index (κ1) is 11.8. The van der Waals surface area contributed by atoms with Crippen molar-refractivity contribution < 1.29 is 9.90 Å². The molecule has 4 heteroatoms. The second-order valence-corrected chi connectivity index (χ2v) is 5.36. The zero-order valence-electron chi connectivity index (χ0n) is 8.96. The number of alkyl halides is 1. The molecule has 1 amide bonds. The summed E-state index contributed by atoms with van der Waals surface area (Å²) in [6.07, 6.45) is 0. The van der Waals surface area contributed by atoms with Gasteiger partial charge in [-0.1, -0.05) is 13.8 Å². The van der Waals surface area contributed by atoms with E-state index in [0.717, 1.165) is 0 Å². The number of aliphatic hydroxyl groups excluding tert-OH is 1. The molecule has 0 spiro atoms. The average molecular weight is 220 g/mol. The van der Waals surface area contributed by atoms with Crippen LogP contribution in [-0.4, -0.2) is 41.0 Å². The molecule has 0 aromatic carbocycles. The molecule has 0 bridgehead atoms. The van der Waals surface area contributed by atoms with Gasteiger partial charge in [0.1, 0.15) is 5.38 Å². The zero-order chi connectivity index (χ0) is 10.9. The molecule has 1 aliphatic rings. The highest BCUT2D eigenvalue weighted by Crippen LogP contribution is 2.35. The third kappa shape index (κ3) is 2.20. The Morgan fingerprint density at radius 1 is 1.71 bits per heavy atom. The minimum Gasteiger partial charge on any atom is -0.396 e. The monoisotopic (exact) mass is 219 g/mol. The van der Waals surface area contributed by atoms with Crippen molar-refractivity contribution in [3.63, 3.8) is 0 Å². The third-order valence-electron chi connectivity index (χ3n) is 3.02. The molecule has 14 heavy (non-hydrogen) atoms. The molecule has 1 fully saturated rings. The highest BCUT2D eigenvalue weighted by atomic mass is 35.5. The number of hydrogen-bond acceptors (Lipinski definition) is 2. The number of amides is 1. The van der Waals surface area contributed by atoms with Gasteiger partial charge in [-0.05, 0) is 12.3 Å². The van der Waals surface area contributed by atoms with Crippen LogP contribution in [0.25, 0.3) is 0 Å². The first-order chi connectivity index (χ1) is 6.38. The average Bonchev–Trinajstić information content (AvgIpc) is 2.39. The van der Waals surface area contributed by atoms with Crippen LogP contribution >= 0.6 is 11.6 Å². The predicted molar refractivity (Wildman–Crippen MR) is 56.3 cm³/mol. The molecule has 0 aromatic heterocycles. The minimum atomic E-state index is -0.469. The van der Waals surface area contributed by atoms with Gasteiger partial charge in [-0.15, -0.1) is 11.6 Å². The Morgan fingerprint density at radius 3 is 2.64 bits per heavy atom. The fourth-order valence-electron chi connectivity index (χ4n) is 1.92. The lowest BCUT2D eigenvalue weighted by molar-refractivity contribution is -0.129. The van der Waals surface area contributed by atoms with Gasteiger partial charge in [0.25, 0.3) is 0 Å². The van der Waals surface area contributed by atoms with Crippen molar-refractivity contribution in [3.05, 3.63) is 0 Å². The smallest absolute Gasteiger partial charge is 0.240 e. The molecular formula is C10H18ClNO2. The van der Waals surface area contributed by atoms with E-state index in [9.17, 15) is 4.79 Å². The van der Waals surface area contributed by atoms with E-state index >= 15 is 0 Å². The number of nitrogens with zero attached hydrogens (tertiary/aromatic N) is 1. The number of likely N-dealkylation sites (tertiary alicyclic amines) is 1. The molecule has 0 unspecified atom stereocenters. The van der Waals surface area contributed by atoms with E-state index in [-0.39, 0.29) is 23.8 Å². The van der Waals surface area contributed by atoms with Gasteiger partial charge in [-0.25, -0.2) is 0 Å². The number of aliphatic hydroxyl groups is 1. The number of hydrogen-bond donors (Lipinski definition) is 1. The van der Waals surface area contributed by atoms with E-state index in [2.05, 4.69) is 13.8 Å².